The maximum atomic E-state index is 13.9. The highest BCUT2D eigenvalue weighted by atomic mass is 35.5. The van der Waals surface area contributed by atoms with Gasteiger partial charge in [0.2, 0.25) is 0 Å². The van der Waals surface area contributed by atoms with Crippen LogP contribution in [0.15, 0.2) is 93.5 Å². The van der Waals surface area contributed by atoms with E-state index in [0.717, 1.165) is 10.6 Å². The molecular formula is C27H21ClF3N3O2S. The molecule has 3 aromatic carbocycles. The van der Waals surface area contributed by atoms with Crippen LogP contribution in [-0.2, 0) is 12.7 Å². The van der Waals surface area contributed by atoms with Crippen molar-refractivity contribution in [1.29, 1.82) is 0 Å². The van der Waals surface area contributed by atoms with Gasteiger partial charge in [0.25, 0.3) is 5.56 Å². The van der Waals surface area contributed by atoms with Gasteiger partial charge in [-0.1, -0.05) is 78.3 Å². The highest BCUT2D eigenvalue weighted by Crippen LogP contribution is 2.44. The van der Waals surface area contributed by atoms with E-state index in [9.17, 15) is 22.8 Å². The van der Waals surface area contributed by atoms with Crippen molar-refractivity contribution in [3.8, 4) is 11.1 Å². The third kappa shape index (κ3) is 4.63. The number of nitrogens with two attached hydrogens (primary N) is 1. The van der Waals surface area contributed by atoms with Gasteiger partial charge in [-0.15, -0.1) is 11.8 Å². The Labute approximate surface area is 219 Å². The van der Waals surface area contributed by atoms with Crippen molar-refractivity contribution in [3.63, 3.8) is 0 Å². The molecule has 2 N–H and O–H groups in total. The van der Waals surface area contributed by atoms with Crippen molar-refractivity contribution < 1.29 is 13.2 Å². The molecule has 5 nitrogen and oxygen atoms in total. The van der Waals surface area contributed by atoms with Gasteiger partial charge >= 0.3 is 11.9 Å². The number of rotatable bonds is 5. The summed E-state index contributed by atoms with van der Waals surface area (Å²) in [6, 6.07) is 19.2. The fraction of sp³-hybridized carbons (Fsp3) is 0.185. The summed E-state index contributed by atoms with van der Waals surface area (Å²) in [6.45, 7) is -0.155. The molecule has 1 aliphatic heterocycles. The quantitative estimate of drug-likeness (QED) is 0.326. The van der Waals surface area contributed by atoms with Crippen LogP contribution >= 0.6 is 23.4 Å². The molecule has 0 saturated heterocycles. The number of benzene rings is 3. The Morgan fingerprint density at radius 1 is 0.973 bits per heavy atom. The van der Waals surface area contributed by atoms with Crippen molar-refractivity contribution in [2.45, 2.75) is 29.8 Å². The molecule has 4 aromatic rings. The Balaban J connectivity index is 1.76. The van der Waals surface area contributed by atoms with Gasteiger partial charge < -0.3 is 5.73 Å². The van der Waals surface area contributed by atoms with E-state index >= 15 is 0 Å². The van der Waals surface area contributed by atoms with Gasteiger partial charge in [0.1, 0.15) is 0 Å². The van der Waals surface area contributed by atoms with E-state index in [4.69, 9.17) is 17.3 Å². The molecule has 0 saturated carbocycles. The van der Waals surface area contributed by atoms with E-state index < -0.39 is 35.1 Å². The molecule has 0 radical (unpaired) electrons. The highest BCUT2D eigenvalue weighted by Gasteiger charge is 2.39. The largest absolute Gasteiger partial charge is 0.416 e. The first-order chi connectivity index (χ1) is 17.7. The molecule has 0 fully saturated rings. The van der Waals surface area contributed by atoms with E-state index in [1.165, 1.54) is 34.5 Å². The van der Waals surface area contributed by atoms with Gasteiger partial charge in [-0.2, -0.15) is 13.2 Å². The number of hydrogen-bond acceptors (Lipinski definition) is 4. The molecule has 0 amide bonds. The van der Waals surface area contributed by atoms with Gasteiger partial charge in [-0.3, -0.25) is 13.9 Å². The molecule has 2 unspecified atom stereocenters. The minimum absolute atomic E-state index is 0.0361. The lowest BCUT2D eigenvalue weighted by molar-refractivity contribution is -0.138. The Morgan fingerprint density at radius 2 is 1.62 bits per heavy atom. The third-order valence-electron chi connectivity index (χ3n) is 6.39. The lowest BCUT2D eigenvalue weighted by atomic mass is 10.0. The Morgan fingerprint density at radius 3 is 2.32 bits per heavy atom. The van der Waals surface area contributed by atoms with Crippen molar-refractivity contribution in [1.82, 2.24) is 9.13 Å². The summed E-state index contributed by atoms with van der Waals surface area (Å²) in [5.41, 5.74) is 5.49. The average Bonchev–Trinajstić information content (AvgIpc) is 3.32. The first-order valence-electron chi connectivity index (χ1n) is 11.4. The van der Waals surface area contributed by atoms with Gasteiger partial charge in [0.15, 0.2) is 0 Å². The zero-order chi connectivity index (χ0) is 26.3. The SMILES string of the molecule is NC(Cn1c(=O)c(-c2ccccc2Cl)c2n(c1=O)C(c1ccccc1C(F)(F)F)CS2)c1ccccc1. The molecule has 190 valence electrons. The van der Waals surface area contributed by atoms with Crippen molar-refractivity contribution in [3.05, 3.63) is 121 Å². The number of halogens is 4. The normalized spacial score (nSPS) is 16.0. The summed E-state index contributed by atoms with van der Waals surface area (Å²) in [6.07, 6.45) is -4.61. The molecule has 2 heterocycles. The molecule has 0 aliphatic carbocycles. The Bertz CT molecular complexity index is 1580. The number of aromatic nitrogens is 2. The average molecular weight is 544 g/mol. The maximum Gasteiger partial charge on any atom is 0.416 e. The summed E-state index contributed by atoms with van der Waals surface area (Å²) in [5.74, 6) is 0.147. The van der Waals surface area contributed by atoms with Crippen LogP contribution in [0, 0.1) is 0 Å². The summed E-state index contributed by atoms with van der Waals surface area (Å²) in [7, 11) is 0. The predicted molar refractivity (Wildman–Crippen MR) is 139 cm³/mol. The standard InChI is InChI=1S/C27H21ClF3N3O2S/c28-20-13-7-5-11-18(20)23-24(35)33(14-21(32)16-8-2-1-3-9-16)26(36)34-22(15-37-25(23)34)17-10-4-6-12-19(17)27(29,30)31/h1-13,21-22H,14-15,32H2. The molecule has 37 heavy (non-hydrogen) atoms. The van der Waals surface area contributed by atoms with Crippen LogP contribution in [0.4, 0.5) is 13.2 Å². The van der Waals surface area contributed by atoms with Crippen LogP contribution in [0.1, 0.15) is 28.8 Å². The predicted octanol–water partition coefficient (Wildman–Crippen LogP) is 5.74. The lowest BCUT2D eigenvalue weighted by Crippen LogP contribution is -2.44. The zero-order valence-corrected chi connectivity index (χ0v) is 20.9. The highest BCUT2D eigenvalue weighted by molar-refractivity contribution is 7.99. The van der Waals surface area contributed by atoms with E-state index in [1.807, 2.05) is 6.07 Å². The summed E-state index contributed by atoms with van der Waals surface area (Å²) >= 11 is 7.61. The van der Waals surface area contributed by atoms with Gasteiger partial charge in [-0.05, 0) is 23.3 Å². The van der Waals surface area contributed by atoms with E-state index in [-0.39, 0.29) is 28.5 Å². The van der Waals surface area contributed by atoms with Gasteiger partial charge in [-0.25, -0.2) is 4.79 Å². The van der Waals surface area contributed by atoms with Crippen LogP contribution in [0.2, 0.25) is 5.02 Å². The number of thioether (sulfide) groups is 1. The number of nitrogens with zero attached hydrogens (tertiary/aromatic N) is 2. The monoisotopic (exact) mass is 543 g/mol. The fourth-order valence-corrected chi connectivity index (χ4v) is 6.19. The van der Waals surface area contributed by atoms with Crippen molar-refractivity contribution in [2.24, 2.45) is 5.73 Å². The second-order valence-corrected chi connectivity index (χ2v) is 10.1. The fourth-order valence-electron chi connectivity index (χ4n) is 4.63. The van der Waals surface area contributed by atoms with Crippen molar-refractivity contribution >= 4 is 23.4 Å². The second-order valence-electron chi connectivity index (χ2n) is 8.66. The summed E-state index contributed by atoms with van der Waals surface area (Å²) in [5, 5.41) is 0.578. The Hall–Kier alpha value is -3.27. The minimum Gasteiger partial charge on any atom is -0.322 e. The lowest BCUT2D eigenvalue weighted by Gasteiger charge is -2.22. The molecule has 5 rings (SSSR count). The first kappa shape index (κ1) is 25.4. The molecule has 0 bridgehead atoms. The van der Waals surface area contributed by atoms with Crippen LogP contribution in [0.5, 0.6) is 0 Å². The maximum absolute atomic E-state index is 13.9. The van der Waals surface area contributed by atoms with Gasteiger partial charge in [0.05, 0.1) is 28.7 Å². The number of hydrogen-bond donors (Lipinski definition) is 1. The van der Waals surface area contributed by atoms with Crippen LogP contribution in [-0.4, -0.2) is 14.9 Å². The third-order valence-corrected chi connectivity index (χ3v) is 7.88. The molecule has 10 heteroatoms. The second kappa shape index (κ2) is 9.89. The zero-order valence-electron chi connectivity index (χ0n) is 19.3. The molecule has 1 aromatic heterocycles. The Kier molecular flexibility index (Phi) is 6.78. The molecule has 1 aliphatic rings. The van der Waals surface area contributed by atoms with Crippen LogP contribution in [0.25, 0.3) is 11.1 Å². The van der Waals surface area contributed by atoms with Crippen LogP contribution in [0.3, 0.4) is 0 Å². The van der Waals surface area contributed by atoms with E-state index in [1.54, 1.807) is 48.5 Å². The van der Waals surface area contributed by atoms with Gasteiger partial charge in [0, 0.05) is 22.4 Å². The molecule has 2 atom stereocenters. The van der Waals surface area contributed by atoms with E-state index in [2.05, 4.69) is 0 Å². The summed E-state index contributed by atoms with van der Waals surface area (Å²) in [4.78, 5) is 27.6. The molecule has 0 spiro atoms. The van der Waals surface area contributed by atoms with E-state index in [0.29, 0.717) is 16.1 Å². The van der Waals surface area contributed by atoms with Crippen LogP contribution < -0.4 is 17.0 Å². The van der Waals surface area contributed by atoms with Crippen molar-refractivity contribution in [2.75, 3.05) is 5.75 Å². The topological polar surface area (TPSA) is 70.0 Å². The number of alkyl halides is 3. The first-order valence-corrected chi connectivity index (χ1v) is 12.8. The smallest absolute Gasteiger partial charge is 0.322 e. The summed E-state index contributed by atoms with van der Waals surface area (Å²) < 4.78 is 44.0. The minimum atomic E-state index is -4.61. The number of fused-ring (bicyclic) bond motifs is 1. The molecular weight excluding hydrogens is 523 g/mol.